The van der Waals surface area contributed by atoms with Crippen molar-refractivity contribution in [3.63, 3.8) is 0 Å². The first kappa shape index (κ1) is 23.9. The Labute approximate surface area is 206 Å². The number of fused-ring (bicyclic) bond motifs is 1. The number of carbonyl (C=O) groups is 1. The summed E-state index contributed by atoms with van der Waals surface area (Å²) in [4.78, 5) is 28.3. The van der Waals surface area contributed by atoms with E-state index < -0.39 is 5.92 Å². The van der Waals surface area contributed by atoms with Crippen LogP contribution in [0.25, 0.3) is 17.5 Å². The van der Waals surface area contributed by atoms with E-state index in [1.807, 2.05) is 12.1 Å². The number of nitrogens with zero attached hydrogens (tertiary/aromatic N) is 3. The molecule has 0 aliphatic carbocycles. The number of benzene rings is 2. The maximum atomic E-state index is 13.4. The van der Waals surface area contributed by atoms with Crippen molar-refractivity contribution in [3.8, 4) is 17.6 Å². The molecule has 0 spiro atoms. The summed E-state index contributed by atoms with van der Waals surface area (Å²) in [7, 11) is 6.41. The van der Waals surface area contributed by atoms with E-state index in [0.29, 0.717) is 31.8 Å². The zero-order valence-corrected chi connectivity index (χ0v) is 20.6. The van der Waals surface area contributed by atoms with Gasteiger partial charge in [0.1, 0.15) is 22.0 Å². The smallest absolute Gasteiger partial charge is 0.274 e. The van der Waals surface area contributed by atoms with Gasteiger partial charge in [0.05, 0.1) is 41.9 Å². The minimum atomic E-state index is -0.729. The summed E-state index contributed by atoms with van der Waals surface area (Å²) in [5.74, 6) is 0.327. The number of hydrogen-bond acceptors (Lipinski definition) is 7. The van der Waals surface area contributed by atoms with E-state index in [2.05, 4.69) is 6.07 Å². The van der Waals surface area contributed by atoms with Crippen LogP contribution in [0.1, 0.15) is 17.0 Å². The number of amides is 1. The van der Waals surface area contributed by atoms with Gasteiger partial charge in [-0.2, -0.15) is 5.26 Å². The number of methoxy groups -OCH3 is 2. The first-order valence-corrected chi connectivity index (χ1v) is 11.5. The van der Waals surface area contributed by atoms with E-state index in [1.165, 1.54) is 20.8 Å². The molecule has 3 aromatic rings. The zero-order valence-electron chi connectivity index (χ0n) is 19.7. The Hall–Kier alpha value is -4.29. The Kier molecular flexibility index (Phi) is 6.49. The predicted molar refractivity (Wildman–Crippen MR) is 135 cm³/mol. The van der Waals surface area contributed by atoms with Gasteiger partial charge in [-0.05, 0) is 41.5 Å². The molecule has 178 valence electrons. The summed E-state index contributed by atoms with van der Waals surface area (Å²) >= 11 is 1.17. The lowest BCUT2D eigenvalue weighted by molar-refractivity contribution is -0.123. The summed E-state index contributed by atoms with van der Waals surface area (Å²) in [6.45, 7) is 0. The molecule has 2 heterocycles. The lowest BCUT2D eigenvalue weighted by Gasteiger charge is -2.27. The molecule has 0 fully saturated rings. The van der Waals surface area contributed by atoms with Crippen LogP contribution in [-0.2, 0) is 4.79 Å². The molecule has 35 heavy (non-hydrogen) atoms. The number of rotatable bonds is 5. The topological polar surface area (TPSA) is 111 Å². The highest BCUT2D eigenvalue weighted by Crippen LogP contribution is 2.37. The van der Waals surface area contributed by atoms with Crippen molar-refractivity contribution in [1.82, 2.24) is 9.47 Å². The molecular weight excluding hydrogens is 464 g/mol. The second-order valence-electron chi connectivity index (χ2n) is 8.06. The Balaban J connectivity index is 2.05. The molecule has 2 N–H and O–H groups in total. The van der Waals surface area contributed by atoms with Gasteiger partial charge in [-0.1, -0.05) is 24.3 Å². The second kappa shape index (κ2) is 9.52. The summed E-state index contributed by atoms with van der Waals surface area (Å²) in [6, 6.07) is 16.5. The summed E-state index contributed by atoms with van der Waals surface area (Å²) in [6.07, 6.45) is 1.73. The largest absolute Gasteiger partial charge is 0.497 e. The minimum absolute atomic E-state index is 0.0225. The molecule has 0 bridgehead atoms. The molecule has 0 radical (unpaired) electrons. The molecule has 1 aliphatic rings. The van der Waals surface area contributed by atoms with Crippen molar-refractivity contribution in [2.24, 2.45) is 5.73 Å². The third-order valence-corrected chi connectivity index (χ3v) is 6.88. The van der Waals surface area contributed by atoms with Gasteiger partial charge in [0.2, 0.25) is 0 Å². The molecule has 1 atom stereocenters. The van der Waals surface area contributed by atoms with Crippen LogP contribution in [0.4, 0.5) is 0 Å². The van der Waals surface area contributed by atoms with E-state index in [4.69, 9.17) is 15.2 Å². The normalized spacial score (nSPS) is 15.5. The van der Waals surface area contributed by atoms with Gasteiger partial charge < -0.3 is 20.1 Å². The highest BCUT2D eigenvalue weighted by atomic mass is 32.1. The molecule has 1 aromatic heterocycles. The molecule has 0 saturated carbocycles. The Bertz CT molecular complexity index is 1540. The number of hydrogen-bond donors (Lipinski definition) is 1. The summed E-state index contributed by atoms with van der Waals surface area (Å²) in [5.41, 5.74) is 7.97. The van der Waals surface area contributed by atoms with Crippen molar-refractivity contribution < 1.29 is 14.3 Å². The van der Waals surface area contributed by atoms with E-state index >= 15 is 0 Å². The number of nitriles is 1. The van der Waals surface area contributed by atoms with Crippen LogP contribution in [0.2, 0.25) is 0 Å². The average molecular weight is 489 g/mol. The van der Waals surface area contributed by atoms with Crippen molar-refractivity contribution in [1.29, 1.82) is 5.26 Å². The first-order chi connectivity index (χ1) is 16.8. The fraction of sp³-hybridized carbons (Fsp3) is 0.192. The maximum absolute atomic E-state index is 13.4. The van der Waals surface area contributed by atoms with Gasteiger partial charge in [-0.15, -0.1) is 11.3 Å². The van der Waals surface area contributed by atoms with Crippen LogP contribution >= 0.6 is 11.3 Å². The third-order valence-electron chi connectivity index (χ3n) is 5.77. The molecule has 1 amide bonds. The van der Waals surface area contributed by atoms with E-state index in [-0.39, 0.29) is 22.9 Å². The summed E-state index contributed by atoms with van der Waals surface area (Å²) < 4.78 is 12.5. The number of thiazole rings is 1. The molecule has 8 nitrogen and oxygen atoms in total. The number of carbonyl (C=O) groups excluding carboxylic acids is 1. The van der Waals surface area contributed by atoms with Crippen LogP contribution in [-0.4, -0.2) is 43.7 Å². The third kappa shape index (κ3) is 4.20. The Morgan fingerprint density at radius 3 is 2.17 bits per heavy atom. The maximum Gasteiger partial charge on any atom is 0.274 e. The van der Waals surface area contributed by atoms with Crippen LogP contribution in [0, 0.1) is 11.3 Å². The van der Waals surface area contributed by atoms with Crippen molar-refractivity contribution in [2.45, 2.75) is 5.92 Å². The molecule has 0 saturated heterocycles. The predicted octanol–water partition coefficient (Wildman–Crippen LogP) is 1.44. The number of ether oxygens (including phenoxy) is 2. The van der Waals surface area contributed by atoms with Crippen molar-refractivity contribution in [2.75, 3.05) is 28.3 Å². The van der Waals surface area contributed by atoms with Gasteiger partial charge in [0.15, 0.2) is 0 Å². The Morgan fingerprint density at radius 2 is 1.66 bits per heavy atom. The van der Waals surface area contributed by atoms with Crippen LogP contribution < -0.4 is 30.0 Å². The monoisotopic (exact) mass is 488 g/mol. The fourth-order valence-corrected chi connectivity index (χ4v) is 5.15. The quantitative estimate of drug-likeness (QED) is 0.582. The standard InChI is InChI=1S/C26H24N4O4S/c1-29(2)25(32)22-21(16-7-11-18(34-4)12-8-16)19(14-27)23(28)30-24(31)20(35-26(22)30)13-15-5-9-17(33-3)10-6-15/h5-13,21H,28H2,1-4H3/b20-13+. The zero-order chi connectivity index (χ0) is 25.3. The highest BCUT2D eigenvalue weighted by Gasteiger charge is 2.36. The van der Waals surface area contributed by atoms with Gasteiger partial charge in [-0.25, -0.2) is 0 Å². The van der Waals surface area contributed by atoms with Gasteiger partial charge >= 0.3 is 0 Å². The number of aromatic nitrogens is 1. The van der Waals surface area contributed by atoms with Gasteiger partial charge in [-0.3, -0.25) is 14.2 Å². The number of nitrogens with two attached hydrogens (primary N) is 1. The summed E-state index contributed by atoms with van der Waals surface area (Å²) in [5, 5.41) is 10.1. The Morgan fingerprint density at radius 1 is 1.09 bits per heavy atom. The molecular formula is C26H24N4O4S. The second-order valence-corrected chi connectivity index (χ2v) is 9.09. The van der Waals surface area contributed by atoms with Gasteiger partial charge in [0, 0.05) is 14.1 Å². The molecule has 1 aliphatic heterocycles. The molecule has 2 aromatic carbocycles. The SMILES string of the molecule is COc1ccc(/C=c2/sc3n(c2=O)C(N)=C(C#N)C(c2ccc(OC)cc2)C=3C(=O)N(C)C)cc1. The average Bonchev–Trinajstić information content (AvgIpc) is 3.19. The first-order valence-electron chi connectivity index (χ1n) is 10.7. The lowest BCUT2D eigenvalue weighted by Crippen LogP contribution is -2.41. The van der Waals surface area contributed by atoms with E-state index in [1.54, 1.807) is 70.8 Å². The van der Waals surface area contributed by atoms with Crippen LogP contribution in [0.3, 0.4) is 0 Å². The van der Waals surface area contributed by atoms with Gasteiger partial charge in [0.25, 0.3) is 11.5 Å². The van der Waals surface area contributed by atoms with Crippen molar-refractivity contribution >= 4 is 34.7 Å². The molecule has 4 rings (SSSR count). The molecule has 1 unspecified atom stereocenters. The van der Waals surface area contributed by atoms with E-state index in [9.17, 15) is 14.9 Å². The van der Waals surface area contributed by atoms with E-state index in [0.717, 1.165) is 5.56 Å². The fourth-order valence-electron chi connectivity index (χ4n) is 3.98. The minimum Gasteiger partial charge on any atom is -0.497 e. The van der Waals surface area contributed by atoms with Crippen LogP contribution in [0.5, 0.6) is 11.5 Å². The van der Waals surface area contributed by atoms with Crippen molar-refractivity contribution in [3.05, 3.63) is 84.8 Å². The van der Waals surface area contributed by atoms with Crippen LogP contribution in [0.15, 0.2) is 58.9 Å². The number of allylic oxidation sites excluding steroid dienone is 1. The highest BCUT2D eigenvalue weighted by molar-refractivity contribution is 7.07. The molecule has 9 heteroatoms. The lowest BCUT2D eigenvalue weighted by atomic mass is 9.83.